The number of fused-ring (bicyclic) bond motifs is 4. The Morgan fingerprint density at radius 1 is 1.28 bits per heavy atom. The molecule has 1 aliphatic heterocycles. The van der Waals surface area contributed by atoms with Gasteiger partial charge in [0.05, 0.1) is 10.2 Å². The molecule has 0 radical (unpaired) electrons. The highest BCUT2D eigenvalue weighted by Crippen LogP contribution is 2.47. The molecule has 0 saturated carbocycles. The van der Waals surface area contributed by atoms with Crippen LogP contribution in [0.4, 0.5) is 0 Å². The molecule has 0 N–H and O–H groups in total. The molecule has 5 heteroatoms. The molecule has 3 nitrogen and oxygen atoms in total. The fourth-order valence-corrected chi connectivity index (χ4v) is 7.39. The number of nitrogens with zero attached hydrogens (tertiary/aromatic N) is 2. The van der Waals surface area contributed by atoms with E-state index in [-0.39, 0.29) is 5.41 Å². The van der Waals surface area contributed by atoms with Crippen LogP contribution in [-0.2, 0) is 23.1 Å². The lowest BCUT2D eigenvalue weighted by Crippen LogP contribution is -2.56. The second-order valence-electron chi connectivity index (χ2n) is 8.49. The van der Waals surface area contributed by atoms with E-state index in [9.17, 15) is 4.79 Å². The van der Waals surface area contributed by atoms with Gasteiger partial charge >= 0.3 is 0 Å². The van der Waals surface area contributed by atoms with Crippen LogP contribution in [0.1, 0.15) is 49.8 Å². The van der Waals surface area contributed by atoms with Crippen molar-refractivity contribution in [2.24, 2.45) is 0 Å². The maximum atomic E-state index is 12.2. The molecule has 150 valence electrons. The Balaban J connectivity index is 1.46. The van der Waals surface area contributed by atoms with Crippen LogP contribution >= 0.6 is 23.1 Å². The van der Waals surface area contributed by atoms with Gasteiger partial charge in [0, 0.05) is 29.8 Å². The molecular weight excluding hydrogens is 396 g/mol. The zero-order valence-corrected chi connectivity index (χ0v) is 18.8. The van der Waals surface area contributed by atoms with E-state index < -0.39 is 0 Å². The molecule has 1 aromatic heterocycles. The molecule has 1 saturated heterocycles. The minimum Gasteiger partial charge on any atom is -0.342 e. The number of carbonyl (C=O) groups excluding carboxylic acids is 1. The van der Waals surface area contributed by atoms with Crippen molar-refractivity contribution in [2.75, 3.05) is 7.05 Å². The number of aromatic nitrogens is 1. The number of carbonyl (C=O) groups is 1. The minimum absolute atomic E-state index is 0.0747. The van der Waals surface area contributed by atoms with E-state index in [1.165, 1.54) is 26.3 Å². The third-order valence-corrected chi connectivity index (χ3v) is 8.97. The van der Waals surface area contributed by atoms with E-state index in [1.54, 1.807) is 23.1 Å². The van der Waals surface area contributed by atoms with Crippen LogP contribution < -0.4 is 0 Å². The summed E-state index contributed by atoms with van der Waals surface area (Å²) in [5, 5.41) is 0. The average Bonchev–Trinajstić information content (AvgIpc) is 3.13. The molecule has 1 fully saturated rings. The Hall–Kier alpha value is -1.85. The molecule has 29 heavy (non-hydrogen) atoms. The lowest BCUT2D eigenvalue weighted by atomic mass is 9.63. The summed E-state index contributed by atoms with van der Waals surface area (Å²) in [6, 6.07) is 13.7. The van der Waals surface area contributed by atoms with Crippen molar-refractivity contribution in [1.29, 1.82) is 0 Å². The summed E-state index contributed by atoms with van der Waals surface area (Å²) >= 11 is 3.56. The summed E-state index contributed by atoms with van der Waals surface area (Å²) in [6.07, 6.45) is 4.73. The van der Waals surface area contributed by atoms with Crippen molar-refractivity contribution in [3.8, 4) is 0 Å². The number of rotatable bonds is 3. The van der Waals surface area contributed by atoms with Crippen LogP contribution in [0, 0.1) is 0 Å². The lowest BCUT2D eigenvalue weighted by Gasteiger charge is -2.50. The predicted octanol–water partition coefficient (Wildman–Crippen LogP) is 5.83. The van der Waals surface area contributed by atoms with Crippen molar-refractivity contribution >= 4 is 39.2 Å². The van der Waals surface area contributed by atoms with Crippen LogP contribution in [0.3, 0.4) is 0 Å². The van der Waals surface area contributed by atoms with Crippen molar-refractivity contribution in [2.45, 2.75) is 66.6 Å². The number of piperidine rings is 1. The average molecular weight is 423 g/mol. The summed E-state index contributed by atoms with van der Waals surface area (Å²) in [6.45, 7) is 4.54. The van der Waals surface area contributed by atoms with E-state index in [0.717, 1.165) is 35.5 Å². The first kappa shape index (κ1) is 19.1. The van der Waals surface area contributed by atoms with Gasteiger partial charge in [0.1, 0.15) is 0 Å². The highest BCUT2D eigenvalue weighted by atomic mass is 32.2. The molecule has 3 aromatic rings. The standard InChI is InChI=1S/C24H26N2OS2/c1-4-15-6-5-7-19-22(15)25-23(29-19)28-17-9-10-18-16(14-17)8-11-20-24(18,2)13-12-21(27)26(20)3/h5-7,9-10,14,20H,4,8,11-13H2,1-3H3/t20-,24-/m1/s1. The summed E-state index contributed by atoms with van der Waals surface area (Å²) < 4.78 is 2.39. The first-order valence-electron chi connectivity index (χ1n) is 10.4. The quantitative estimate of drug-likeness (QED) is 0.532. The number of para-hydroxylation sites is 1. The first-order valence-corrected chi connectivity index (χ1v) is 12.1. The van der Waals surface area contributed by atoms with Gasteiger partial charge in [-0.15, -0.1) is 11.3 Å². The van der Waals surface area contributed by atoms with Crippen molar-refractivity contribution < 1.29 is 4.79 Å². The summed E-state index contributed by atoms with van der Waals surface area (Å²) in [5.41, 5.74) is 5.45. The number of likely N-dealkylation sites (tertiary alicyclic amines) is 1. The van der Waals surface area contributed by atoms with Gasteiger partial charge < -0.3 is 4.90 Å². The summed E-state index contributed by atoms with van der Waals surface area (Å²) in [7, 11) is 1.98. The Morgan fingerprint density at radius 3 is 2.97 bits per heavy atom. The molecule has 1 aliphatic carbocycles. The molecule has 0 bridgehead atoms. The molecule has 2 heterocycles. The number of thiazole rings is 1. The number of amides is 1. The van der Waals surface area contributed by atoms with Crippen molar-refractivity contribution in [1.82, 2.24) is 9.88 Å². The Morgan fingerprint density at radius 2 is 2.14 bits per heavy atom. The number of benzene rings is 2. The minimum atomic E-state index is 0.0747. The molecular formula is C24H26N2OS2. The molecule has 5 rings (SSSR count). The van der Waals surface area contributed by atoms with E-state index in [2.05, 4.69) is 50.2 Å². The van der Waals surface area contributed by atoms with Crippen LogP contribution in [0.25, 0.3) is 10.2 Å². The summed E-state index contributed by atoms with van der Waals surface area (Å²) in [4.78, 5) is 20.4. The number of aryl methyl sites for hydroxylation is 2. The monoisotopic (exact) mass is 422 g/mol. The smallest absolute Gasteiger partial charge is 0.222 e. The Labute approximate surface area is 180 Å². The molecule has 0 unspecified atom stereocenters. The van der Waals surface area contributed by atoms with E-state index in [0.29, 0.717) is 18.4 Å². The highest BCUT2D eigenvalue weighted by molar-refractivity contribution is 8.01. The van der Waals surface area contributed by atoms with Crippen LogP contribution in [0.2, 0.25) is 0 Å². The second kappa shape index (κ2) is 7.13. The van der Waals surface area contributed by atoms with Gasteiger partial charge in [-0.2, -0.15) is 0 Å². The van der Waals surface area contributed by atoms with Crippen LogP contribution in [0.5, 0.6) is 0 Å². The maximum Gasteiger partial charge on any atom is 0.222 e. The third kappa shape index (κ3) is 3.10. The molecule has 0 spiro atoms. The molecule has 2 atom stereocenters. The van der Waals surface area contributed by atoms with E-state index >= 15 is 0 Å². The second-order valence-corrected chi connectivity index (χ2v) is 10.8. The zero-order valence-electron chi connectivity index (χ0n) is 17.2. The van der Waals surface area contributed by atoms with E-state index in [1.807, 2.05) is 11.9 Å². The largest absolute Gasteiger partial charge is 0.342 e. The van der Waals surface area contributed by atoms with E-state index in [4.69, 9.17) is 4.98 Å². The van der Waals surface area contributed by atoms with Crippen molar-refractivity contribution in [3.63, 3.8) is 0 Å². The van der Waals surface area contributed by atoms with Crippen LogP contribution in [-0.4, -0.2) is 28.9 Å². The number of likely N-dealkylation sites (N-methyl/N-ethyl adjacent to an activating group) is 1. The van der Waals surface area contributed by atoms with Gasteiger partial charge in [-0.05, 0) is 60.6 Å². The fourth-order valence-electron chi connectivity index (χ4n) is 5.24. The highest BCUT2D eigenvalue weighted by Gasteiger charge is 2.46. The van der Waals surface area contributed by atoms with Gasteiger partial charge in [0.25, 0.3) is 0 Å². The normalized spacial score (nSPS) is 23.9. The van der Waals surface area contributed by atoms with Gasteiger partial charge in [0.2, 0.25) is 5.91 Å². The first-order chi connectivity index (χ1) is 14.0. The third-order valence-electron chi connectivity index (χ3n) is 6.90. The van der Waals surface area contributed by atoms with Gasteiger partial charge in [-0.25, -0.2) is 4.98 Å². The fraction of sp³-hybridized carbons (Fsp3) is 0.417. The zero-order chi connectivity index (χ0) is 20.2. The van der Waals surface area contributed by atoms with Crippen LogP contribution in [0.15, 0.2) is 45.6 Å². The topological polar surface area (TPSA) is 33.2 Å². The number of hydrogen-bond acceptors (Lipinski definition) is 4. The lowest BCUT2D eigenvalue weighted by molar-refractivity contribution is -0.138. The predicted molar refractivity (Wildman–Crippen MR) is 121 cm³/mol. The summed E-state index contributed by atoms with van der Waals surface area (Å²) in [5.74, 6) is 0.297. The Bertz CT molecular complexity index is 1110. The van der Waals surface area contributed by atoms with Gasteiger partial charge in [-0.1, -0.05) is 43.8 Å². The Kier molecular flexibility index (Phi) is 4.71. The molecule has 1 amide bonds. The maximum absolute atomic E-state index is 12.2. The van der Waals surface area contributed by atoms with Gasteiger partial charge in [0.15, 0.2) is 4.34 Å². The van der Waals surface area contributed by atoms with Gasteiger partial charge in [-0.3, -0.25) is 4.79 Å². The SMILES string of the molecule is CCc1cccc2sc(Sc3ccc4c(c3)CC[C@H]3N(C)C(=O)CC[C@]43C)nc12. The molecule has 2 aliphatic rings. The molecule has 2 aromatic carbocycles. The number of hydrogen-bond donors (Lipinski definition) is 0. The van der Waals surface area contributed by atoms with Crippen molar-refractivity contribution in [3.05, 3.63) is 53.1 Å².